The highest BCUT2D eigenvalue weighted by molar-refractivity contribution is 4.95. The summed E-state index contributed by atoms with van der Waals surface area (Å²) in [4.78, 5) is 0. The molecule has 0 aromatic rings. The molecule has 0 saturated heterocycles. The van der Waals surface area contributed by atoms with E-state index in [1.165, 1.54) is 70.6 Å². The summed E-state index contributed by atoms with van der Waals surface area (Å²) < 4.78 is 0. The van der Waals surface area contributed by atoms with Crippen molar-refractivity contribution in [2.24, 2.45) is 40.9 Å². The van der Waals surface area contributed by atoms with Crippen LogP contribution in [0.4, 0.5) is 0 Å². The second kappa shape index (κ2) is 17.9. The van der Waals surface area contributed by atoms with Crippen LogP contribution in [-0.4, -0.2) is 0 Å². The fraction of sp³-hybridized carbons (Fsp3) is 0.875. The minimum Gasteiger partial charge on any atom is -0.0883 e. The molecule has 32 heavy (non-hydrogen) atoms. The number of rotatable bonds is 19. The summed E-state index contributed by atoms with van der Waals surface area (Å²) in [6, 6.07) is 0. The zero-order valence-corrected chi connectivity index (χ0v) is 24.1. The number of allylic oxidation sites excluding steroid dienone is 4. The molecule has 0 bridgehead atoms. The Labute approximate surface area is 205 Å². The van der Waals surface area contributed by atoms with E-state index >= 15 is 0 Å². The molecule has 0 nitrogen and oxygen atoms in total. The van der Waals surface area contributed by atoms with Gasteiger partial charge in [-0.3, -0.25) is 0 Å². The molecule has 0 aromatic carbocycles. The van der Waals surface area contributed by atoms with Crippen molar-refractivity contribution in [3.05, 3.63) is 24.3 Å². The topological polar surface area (TPSA) is 0 Å². The van der Waals surface area contributed by atoms with Crippen molar-refractivity contribution in [3.8, 4) is 0 Å². The van der Waals surface area contributed by atoms with Crippen molar-refractivity contribution in [1.29, 1.82) is 0 Å². The summed E-state index contributed by atoms with van der Waals surface area (Å²) in [6.07, 6.45) is 24.7. The van der Waals surface area contributed by atoms with E-state index in [0.29, 0.717) is 23.2 Å². The largest absolute Gasteiger partial charge is 0.0883 e. The van der Waals surface area contributed by atoms with Crippen molar-refractivity contribution in [1.82, 2.24) is 0 Å². The third-order valence-corrected chi connectivity index (χ3v) is 8.91. The SMILES string of the molecule is CCCCCCCCCC=CC(C)CC(C)C=CCC(C)C(C)(C)C(C)C(C)C(C)CC. The molecule has 0 fully saturated rings. The Kier molecular flexibility index (Phi) is 17.6. The minimum absolute atomic E-state index is 0.377. The van der Waals surface area contributed by atoms with Crippen LogP contribution in [0.2, 0.25) is 0 Å². The molecule has 0 spiro atoms. The molecule has 0 aliphatic rings. The maximum Gasteiger partial charge on any atom is -0.0256 e. The second-order valence-electron chi connectivity index (χ2n) is 11.9. The first kappa shape index (κ1) is 31.5. The number of unbranched alkanes of at least 4 members (excludes halogenated alkanes) is 7. The highest BCUT2D eigenvalue weighted by Crippen LogP contribution is 2.43. The van der Waals surface area contributed by atoms with Gasteiger partial charge in [0.05, 0.1) is 0 Å². The third-order valence-electron chi connectivity index (χ3n) is 8.91. The quantitative estimate of drug-likeness (QED) is 0.137. The van der Waals surface area contributed by atoms with Crippen LogP contribution in [0, 0.1) is 40.9 Å². The zero-order chi connectivity index (χ0) is 24.6. The zero-order valence-electron chi connectivity index (χ0n) is 24.1. The van der Waals surface area contributed by atoms with Crippen LogP contribution in [0.25, 0.3) is 0 Å². The monoisotopic (exact) mass is 446 g/mol. The molecule has 0 aliphatic heterocycles. The van der Waals surface area contributed by atoms with Gasteiger partial charge in [-0.25, -0.2) is 0 Å². The molecule has 190 valence electrons. The van der Waals surface area contributed by atoms with Gasteiger partial charge in [-0.05, 0) is 66.6 Å². The molecule has 0 radical (unpaired) electrons. The summed E-state index contributed by atoms with van der Waals surface area (Å²) in [5.41, 5.74) is 0.377. The predicted octanol–water partition coefficient (Wildman–Crippen LogP) is 11.3. The van der Waals surface area contributed by atoms with E-state index in [9.17, 15) is 0 Å². The van der Waals surface area contributed by atoms with E-state index in [-0.39, 0.29) is 0 Å². The average molecular weight is 447 g/mol. The van der Waals surface area contributed by atoms with Crippen LogP contribution in [0.15, 0.2) is 24.3 Å². The molecule has 6 atom stereocenters. The standard InChI is InChI=1S/C32H62/c1-11-13-14-15-16-17-18-19-20-22-26(3)25-27(4)23-21-24-29(6)32(9,10)31(8)30(7)28(5)12-2/h20-23,26-31H,11-19,24-25H2,1-10H3. The van der Waals surface area contributed by atoms with Gasteiger partial charge in [0.1, 0.15) is 0 Å². The first-order valence-electron chi connectivity index (χ1n) is 14.4. The first-order valence-corrected chi connectivity index (χ1v) is 14.4. The van der Waals surface area contributed by atoms with Gasteiger partial charge in [-0.1, -0.05) is 138 Å². The molecule has 0 saturated carbocycles. The lowest BCUT2D eigenvalue weighted by atomic mass is 9.63. The fourth-order valence-corrected chi connectivity index (χ4v) is 5.10. The maximum absolute atomic E-state index is 2.50. The molecule has 0 amide bonds. The minimum atomic E-state index is 0.377. The molecule has 0 heterocycles. The summed E-state index contributed by atoms with van der Waals surface area (Å²) >= 11 is 0. The number of hydrogen-bond acceptors (Lipinski definition) is 0. The van der Waals surface area contributed by atoms with Crippen LogP contribution in [0.1, 0.15) is 140 Å². The van der Waals surface area contributed by atoms with Crippen molar-refractivity contribution >= 4 is 0 Å². The van der Waals surface area contributed by atoms with Gasteiger partial charge in [0.15, 0.2) is 0 Å². The second-order valence-corrected chi connectivity index (χ2v) is 11.9. The van der Waals surface area contributed by atoms with Gasteiger partial charge in [-0.15, -0.1) is 0 Å². The average Bonchev–Trinajstić information content (AvgIpc) is 2.75. The van der Waals surface area contributed by atoms with E-state index in [4.69, 9.17) is 0 Å². The summed E-state index contributed by atoms with van der Waals surface area (Å²) in [6.45, 7) is 24.2. The summed E-state index contributed by atoms with van der Waals surface area (Å²) in [5.74, 6) is 4.41. The van der Waals surface area contributed by atoms with E-state index in [0.717, 1.165) is 17.8 Å². The van der Waals surface area contributed by atoms with Crippen molar-refractivity contribution in [3.63, 3.8) is 0 Å². The van der Waals surface area contributed by atoms with E-state index in [1.807, 2.05) is 0 Å². The van der Waals surface area contributed by atoms with Gasteiger partial charge >= 0.3 is 0 Å². The molecule has 0 rings (SSSR count). The van der Waals surface area contributed by atoms with Crippen molar-refractivity contribution < 1.29 is 0 Å². The van der Waals surface area contributed by atoms with E-state index in [2.05, 4.69) is 93.5 Å². The lowest BCUT2D eigenvalue weighted by molar-refractivity contribution is 0.0729. The van der Waals surface area contributed by atoms with E-state index < -0.39 is 0 Å². The third kappa shape index (κ3) is 13.3. The Morgan fingerprint density at radius 1 is 0.688 bits per heavy atom. The normalized spacial score (nSPS) is 18.7. The van der Waals surface area contributed by atoms with E-state index in [1.54, 1.807) is 0 Å². The van der Waals surface area contributed by atoms with Gasteiger partial charge in [0, 0.05) is 0 Å². The molecular formula is C32H62. The molecule has 6 unspecified atom stereocenters. The Morgan fingerprint density at radius 2 is 1.22 bits per heavy atom. The van der Waals surface area contributed by atoms with Gasteiger partial charge in [-0.2, -0.15) is 0 Å². The highest BCUT2D eigenvalue weighted by atomic mass is 14.4. The Bertz CT molecular complexity index is 482. The van der Waals surface area contributed by atoms with Gasteiger partial charge in [0.2, 0.25) is 0 Å². The smallest absolute Gasteiger partial charge is 0.0256 e. The van der Waals surface area contributed by atoms with Crippen LogP contribution >= 0.6 is 0 Å². The lowest BCUT2D eigenvalue weighted by Gasteiger charge is -2.42. The Morgan fingerprint density at radius 3 is 1.78 bits per heavy atom. The highest BCUT2D eigenvalue weighted by Gasteiger charge is 2.35. The molecule has 0 heteroatoms. The Hall–Kier alpha value is -0.520. The molecule has 0 aliphatic carbocycles. The molecule has 0 N–H and O–H groups in total. The van der Waals surface area contributed by atoms with Gasteiger partial charge < -0.3 is 0 Å². The van der Waals surface area contributed by atoms with Gasteiger partial charge in [0.25, 0.3) is 0 Å². The fourth-order valence-electron chi connectivity index (χ4n) is 5.10. The Balaban J connectivity index is 4.25. The first-order chi connectivity index (χ1) is 15.1. The predicted molar refractivity (Wildman–Crippen MR) is 149 cm³/mol. The molecular weight excluding hydrogens is 384 g/mol. The van der Waals surface area contributed by atoms with Crippen molar-refractivity contribution in [2.75, 3.05) is 0 Å². The lowest BCUT2D eigenvalue weighted by Crippen LogP contribution is -2.35. The van der Waals surface area contributed by atoms with Crippen LogP contribution in [0.3, 0.4) is 0 Å². The molecule has 0 aromatic heterocycles. The summed E-state index contributed by atoms with van der Waals surface area (Å²) in [7, 11) is 0. The van der Waals surface area contributed by atoms with Crippen LogP contribution < -0.4 is 0 Å². The maximum atomic E-state index is 2.50. The van der Waals surface area contributed by atoms with Crippen LogP contribution in [-0.2, 0) is 0 Å². The summed E-state index contributed by atoms with van der Waals surface area (Å²) in [5, 5.41) is 0. The van der Waals surface area contributed by atoms with Crippen LogP contribution in [0.5, 0.6) is 0 Å². The van der Waals surface area contributed by atoms with Crippen molar-refractivity contribution in [2.45, 2.75) is 140 Å². The number of hydrogen-bond donors (Lipinski definition) is 0.